The second kappa shape index (κ2) is 11.2. The molecule has 1 aliphatic carbocycles. The van der Waals surface area contributed by atoms with E-state index < -0.39 is 26.5 Å². The van der Waals surface area contributed by atoms with Crippen LogP contribution in [0.4, 0.5) is 4.39 Å². The maximum Gasteiger partial charge on any atom is 0.253 e. The topological polar surface area (TPSA) is 104 Å². The molecule has 226 valence electrons. The molecule has 5 rings (SSSR count). The molecule has 1 aliphatic rings. The van der Waals surface area contributed by atoms with Crippen LogP contribution in [0, 0.1) is 26.6 Å². The maximum absolute atomic E-state index is 15.2. The predicted octanol–water partition coefficient (Wildman–Crippen LogP) is 5.34. The monoisotopic (exact) mass is 604 g/mol. The van der Waals surface area contributed by atoms with Gasteiger partial charge in [-0.3, -0.25) is 9.59 Å². The van der Waals surface area contributed by atoms with Crippen molar-refractivity contribution in [3.05, 3.63) is 105 Å². The molecular weight excluding hydrogens is 567 g/mol. The van der Waals surface area contributed by atoms with Crippen LogP contribution in [0.15, 0.2) is 60.0 Å². The van der Waals surface area contributed by atoms with Crippen LogP contribution in [-0.4, -0.2) is 47.0 Å². The molecule has 0 bridgehead atoms. The Morgan fingerprint density at radius 2 is 1.84 bits per heavy atom. The highest BCUT2D eigenvalue weighted by Crippen LogP contribution is 2.49. The number of aromatic nitrogens is 2. The Bertz CT molecular complexity index is 1930. The SMILES string of the molecule is C=CCC1(S(=O)(=O)n2cc(C)c3c(C(=O)NCc4c(C)cc(C)[nH]c4=O)cc(-c4ccc(CN(C)C)c(F)c4)cc32)CC1. The van der Waals surface area contributed by atoms with Gasteiger partial charge in [0.05, 0.1) is 10.3 Å². The minimum Gasteiger partial charge on any atom is -0.348 e. The Labute approximate surface area is 251 Å². The van der Waals surface area contributed by atoms with Crippen molar-refractivity contribution in [2.24, 2.45) is 0 Å². The number of aryl methyl sites for hydroxylation is 3. The molecule has 0 aliphatic heterocycles. The van der Waals surface area contributed by atoms with Gasteiger partial charge >= 0.3 is 0 Å². The second-order valence-corrected chi connectivity index (χ2v) is 14.1. The molecule has 1 fully saturated rings. The minimum atomic E-state index is -3.85. The van der Waals surface area contributed by atoms with Crippen LogP contribution in [0.5, 0.6) is 0 Å². The van der Waals surface area contributed by atoms with E-state index in [2.05, 4.69) is 16.9 Å². The number of nitrogens with one attached hydrogen (secondary N) is 2. The first-order valence-electron chi connectivity index (χ1n) is 14.2. The number of amides is 1. The molecule has 10 heteroatoms. The second-order valence-electron chi connectivity index (χ2n) is 11.9. The molecule has 2 aromatic heterocycles. The van der Waals surface area contributed by atoms with Gasteiger partial charge in [0.2, 0.25) is 10.0 Å². The standard InChI is InChI=1S/C33H37FN4O4S/c1-7-10-33(11-12-33)43(41,42)38-18-21(3)30-26(31(39)35-17-27-20(2)13-22(4)36-32(27)40)14-25(16-29(30)38)23-8-9-24(19-37(5)6)28(34)15-23/h7-9,13-16,18H,1,10-12,17,19H2,2-6H3,(H,35,39)(H,36,40). The summed E-state index contributed by atoms with van der Waals surface area (Å²) in [4.78, 5) is 31.0. The first kappa shape index (κ1) is 30.4. The molecule has 43 heavy (non-hydrogen) atoms. The lowest BCUT2D eigenvalue weighted by Gasteiger charge is -2.17. The summed E-state index contributed by atoms with van der Waals surface area (Å²) >= 11 is 0. The van der Waals surface area contributed by atoms with Gasteiger partial charge in [-0.1, -0.05) is 18.2 Å². The third-order valence-corrected chi connectivity index (χ3v) is 10.7. The number of hydrogen-bond donors (Lipinski definition) is 2. The Balaban J connectivity index is 1.66. The lowest BCUT2D eigenvalue weighted by atomic mass is 9.97. The third-order valence-electron chi connectivity index (χ3n) is 8.23. The summed E-state index contributed by atoms with van der Waals surface area (Å²) in [5.74, 6) is -0.866. The largest absolute Gasteiger partial charge is 0.348 e. The number of carbonyl (C=O) groups is 1. The minimum absolute atomic E-state index is 0.0135. The van der Waals surface area contributed by atoms with Gasteiger partial charge in [-0.25, -0.2) is 16.8 Å². The predicted molar refractivity (Wildman–Crippen MR) is 168 cm³/mol. The van der Waals surface area contributed by atoms with Crippen molar-refractivity contribution in [3.63, 3.8) is 0 Å². The Morgan fingerprint density at radius 1 is 1.12 bits per heavy atom. The van der Waals surface area contributed by atoms with Gasteiger partial charge in [0, 0.05) is 47.1 Å². The highest BCUT2D eigenvalue weighted by Gasteiger charge is 2.54. The lowest BCUT2D eigenvalue weighted by Crippen LogP contribution is -2.29. The van der Waals surface area contributed by atoms with Gasteiger partial charge in [-0.05, 0) is 101 Å². The molecular formula is C33H37FN4O4S. The van der Waals surface area contributed by atoms with Gasteiger partial charge in [0.1, 0.15) is 5.82 Å². The van der Waals surface area contributed by atoms with Crippen molar-refractivity contribution in [3.8, 4) is 11.1 Å². The lowest BCUT2D eigenvalue weighted by molar-refractivity contribution is 0.0952. The molecule has 2 aromatic carbocycles. The van der Waals surface area contributed by atoms with E-state index in [0.29, 0.717) is 64.5 Å². The van der Waals surface area contributed by atoms with E-state index >= 15 is 4.39 Å². The smallest absolute Gasteiger partial charge is 0.253 e. The highest BCUT2D eigenvalue weighted by molar-refractivity contribution is 7.91. The van der Waals surface area contributed by atoms with E-state index in [4.69, 9.17) is 0 Å². The van der Waals surface area contributed by atoms with Crippen LogP contribution >= 0.6 is 0 Å². The Kier molecular flexibility index (Phi) is 7.96. The first-order chi connectivity index (χ1) is 20.3. The quantitative estimate of drug-likeness (QED) is 0.238. The van der Waals surface area contributed by atoms with Crippen molar-refractivity contribution >= 4 is 26.8 Å². The zero-order chi connectivity index (χ0) is 31.3. The summed E-state index contributed by atoms with van der Waals surface area (Å²) in [6, 6.07) is 10.1. The maximum atomic E-state index is 15.2. The number of halogens is 1. The van der Waals surface area contributed by atoms with Crippen LogP contribution in [0.2, 0.25) is 0 Å². The van der Waals surface area contributed by atoms with E-state index in [1.807, 2.05) is 32.0 Å². The van der Waals surface area contributed by atoms with Crippen LogP contribution < -0.4 is 10.9 Å². The summed E-state index contributed by atoms with van der Waals surface area (Å²) in [6.07, 6.45) is 4.55. The number of H-pyrrole nitrogens is 1. The van der Waals surface area contributed by atoms with E-state index in [0.717, 1.165) is 11.3 Å². The van der Waals surface area contributed by atoms with Gasteiger partial charge in [0.25, 0.3) is 11.5 Å². The van der Waals surface area contributed by atoms with Gasteiger partial charge in [-0.2, -0.15) is 0 Å². The molecule has 2 N–H and O–H groups in total. The number of aromatic amines is 1. The summed E-state index contributed by atoms with van der Waals surface area (Å²) in [6.45, 7) is 9.53. The van der Waals surface area contributed by atoms with E-state index in [-0.39, 0.29) is 17.7 Å². The Morgan fingerprint density at radius 3 is 2.44 bits per heavy atom. The fourth-order valence-electron chi connectivity index (χ4n) is 5.81. The number of benzene rings is 2. The molecule has 0 saturated heterocycles. The zero-order valence-corrected chi connectivity index (χ0v) is 26.0. The number of allylic oxidation sites excluding steroid dienone is 1. The van der Waals surface area contributed by atoms with Crippen molar-refractivity contribution in [2.45, 2.75) is 57.9 Å². The first-order valence-corrected chi connectivity index (χ1v) is 15.6. The normalized spacial score (nSPS) is 14.3. The molecule has 1 saturated carbocycles. The van der Waals surface area contributed by atoms with Crippen molar-refractivity contribution in [1.82, 2.24) is 19.2 Å². The molecule has 0 radical (unpaired) electrons. The molecule has 0 spiro atoms. The molecule has 4 aromatic rings. The summed E-state index contributed by atoms with van der Waals surface area (Å²) < 4.78 is 43.5. The van der Waals surface area contributed by atoms with E-state index in [9.17, 15) is 18.0 Å². The number of carbonyl (C=O) groups excluding carboxylic acids is 1. The number of hydrogen-bond acceptors (Lipinski definition) is 5. The summed E-state index contributed by atoms with van der Waals surface area (Å²) in [5, 5.41) is 3.34. The van der Waals surface area contributed by atoms with Gasteiger partial charge in [-0.15, -0.1) is 6.58 Å². The molecule has 2 heterocycles. The number of rotatable bonds is 10. The Hall–Kier alpha value is -4.02. The molecule has 8 nitrogen and oxygen atoms in total. The molecule has 1 amide bonds. The van der Waals surface area contributed by atoms with E-state index in [1.54, 1.807) is 50.4 Å². The van der Waals surface area contributed by atoms with Crippen LogP contribution in [0.25, 0.3) is 22.0 Å². The van der Waals surface area contributed by atoms with Crippen molar-refractivity contribution in [2.75, 3.05) is 14.1 Å². The number of pyridine rings is 1. The fourth-order valence-corrected chi connectivity index (χ4v) is 7.87. The van der Waals surface area contributed by atoms with Crippen LogP contribution in [-0.2, 0) is 23.1 Å². The van der Waals surface area contributed by atoms with Gasteiger partial charge in [0.15, 0.2) is 0 Å². The van der Waals surface area contributed by atoms with Crippen LogP contribution in [0.3, 0.4) is 0 Å². The van der Waals surface area contributed by atoms with Crippen LogP contribution in [0.1, 0.15) is 57.6 Å². The average molecular weight is 605 g/mol. The zero-order valence-electron chi connectivity index (χ0n) is 25.2. The fraction of sp³-hybridized carbons (Fsp3) is 0.333. The third kappa shape index (κ3) is 5.57. The van der Waals surface area contributed by atoms with Gasteiger partial charge < -0.3 is 15.2 Å². The number of fused-ring (bicyclic) bond motifs is 1. The molecule has 0 unspecified atom stereocenters. The molecule has 0 atom stereocenters. The summed E-state index contributed by atoms with van der Waals surface area (Å²) in [5.41, 5.74) is 4.35. The van der Waals surface area contributed by atoms with E-state index in [1.165, 1.54) is 10.0 Å². The van der Waals surface area contributed by atoms with Crippen molar-refractivity contribution < 1.29 is 17.6 Å². The van der Waals surface area contributed by atoms with Crippen molar-refractivity contribution in [1.29, 1.82) is 0 Å². The average Bonchev–Trinajstić information content (AvgIpc) is 3.65. The number of nitrogens with zero attached hydrogens (tertiary/aromatic N) is 2. The summed E-state index contributed by atoms with van der Waals surface area (Å²) in [7, 11) is -0.137. The highest BCUT2D eigenvalue weighted by atomic mass is 32.2.